The predicted octanol–water partition coefficient (Wildman–Crippen LogP) is 3.58. The number of nitrogens with one attached hydrogen (secondary N) is 2. The molecule has 0 aromatic heterocycles. The Morgan fingerprint density at radius 3 is 2.07 bits per heavy atom. The molecule has 0 bridgehead atoms. The highest BCUT2D eigenvalue weighted by Crippen LogP contribution is 2.26. The van der Waals surface area contributed by atoms with E-state index in [1.165, 1.54) is 6.07 Å². The zero-order valence-corrected chi connectivity index (χ0v) is 15.4. The van der Waals surface area contributed by atoms with Crippen LogP contribution in [0, 0.1) is 0 Å². The van der Waals surface area contributed by atoms with Crippen molar-refractivity contribution in [3.63, 3.8) is 0 Å². The average molecular weight is 380 g/mol. The second-order valence-electron chi connectivity index (χ2n) is 5.96. The largest absolute Gasteiger partial charge is 0.337 e. The third-order valence-electron chi connectivity index (χ3n) is 4.03. The van der Waals surface area contributed by atoms with Crippen molar-refractivity contribution in [1.82, 2.24) is 10.0 Å². The molecule has 3 aromatic carbocycles. The van der Waals surface area contributed by atoms with Crippen LogP contribution in [-0.4, -0.2) is 21.0 Å². The van der Waals surface area contributed by atoms with Gasteiger partial charge in [0.15, 0.2) is 0 Å². The van der Waals surface area contributed by atoms with E-state index in [0.29, 0.717) is 18.5 Å². The van der Waals surface area contributed by atoms with Crippen molar-refractivity contribution >= 4 is 16.1 Å². The minimum Gasteiger partial charge on any atom is -0.337 e. The Hall–Kier alpha value is -3.12. The predicted molar refractivity (Wildman–Crippen MR) is 106 cm³/mol. The fraction of sp³-hybridized carbons (Fsp3) is 0.0952. The van der Waals surface area contributed by atoms with Crippen LogP contribution in [-0.2, 0) is 16.4 Å². The van der Waals surface area contributed by atoms with E-state index < -0.39 is 16.1 Å². The summed E-state index contributed by atoms with van der Waals surface area (Å²) in [5.74, 6) is 0. The van der Waals surface area contributed by atoms with E-state index in [2.05, 4.69) is 10.0 Å². The van der Waals surface area contributed by atoms with Crippen LogP contribution in [0.2, 0.25) is 0 Å². The fourth-order valence-corrected chi connectivity index (χ4v) is 3.89. The highest BCUT2D eigenvalue weighted by Gasteiger charge is 2.21. The first-order chi connectivity index (χ1) is 13.1. The molecule has 5 nitrogen and oxygen atoms in total. The van der Waals surface area contributed by atoms with Crippen molar-refractivity contribution < 1.29 is 13.2 Å². The SMILES string of the molecule is O=C(NCCc1ccccc1)NS(=O)(=O)c1ccccc1-c1ccccc1. The normalized spacial score (nSPS) is 11.0. The molecule has 0 saturated heterocycles. The minimum absolute atomic E-state index is 0.0643. The Bertz CT molecular complexity index is 1000. The third-order valence-corrected chi connectivity index (χ3v) is 5.42. The van der Waals surface area contributed by atoms with E-state index in [1.807, 2.05) is 60.7 Å². The van der Waals surface area contributed by atoms with Gasteiger partial charge in [0, 0.05) is 12.1 Å². The summed E-state index contributed by atoms with van der Waals surface area (Å²) in [6, 6.07) is 24.7. The molecule has 0 radical (unpaired) electrons. The van der Waals surface area contributed by atoms with E-state index in [-0.39, 0.29) is 4.90 Å². The molecular weight excluding hydrogens is 360 g/mol. The lowest BCUT2D eigenvalue weighted by Gasteiger charge is -2.12. The molecule has 3 aromatic rings. The molecule has 0 fully saturated rings. The molecule has 2 N–H and O–H groups in total. The molecular formula is C21H20N2O3S. The maximum atomic E-state index is 12.7. The van der Waals surface area contributed by atoms with Gasteiger partial charge in [0.2, 0.25) is 0 Å². The third kappa shape index (κ3) is 4.95. The van der Waals surface area contributed by atoms with E-state index in [9.17, 15) is 13.2 Å². The molecule has 0 aliphatic rings. The Kier molecular flexibility index (Phi) is 5.88. The van der Waals surface area contributed by atoms with Crippen LogP contribution in [0.1, 0.15) is 5.56 Å². The van der Waals surface area contributed by atoms with Gasteiger partial charge >= 0.3 is 6.03 Å². The van der Waals surface area contributed by atoms with Crippen molar-refractivity contribution in [1.29, 1.82) is 0 Å². The first-order valence-electron chi connectivity index (χ1n) is 8.55. The quantitative estimate of drug-likeness (QED) is 0.686. The smallest absolute Gasteiger partial charge is 0.328 e. The summed E-state index contributed by atoms with van der Waals surface area (Å²) in [4.78, 5) is 12.1. The van der Waals surface area contributed by atoms with Gasteiger partial charge < -0.3 is 5.32 Å². The number of carbonyl (C=O) groups is 1. The van der Waals surface area contributed by atoms with Crippen LogP contribution in [0.3, 0.4) is 0 Å². The Morgan fingerprint density at radius 2 is 1.37 bits per heavy atom. The van der Waals surface area contributed by atoms with Gasteiger partial charge in [-0.15, -0.1) is 0 Å². The van der Waals surface area contributed by atoms with E-state index in [0.717, 1.165) is 11.1 Å². The number of hydrogen-bond acceptors (Lipinski definition) is 3. The van der Waals surface area contributed by atoms with E-state index in [4.69, 9.17) is 0 Å². The molecule has 0 aliphatic heterocycles. The molecule has 0 saturated carbocycles. The van der Waals surface area contributed by atoms with E-state index in [1.54, 1.807) is 18.2 Å². The molecule has 0 atom stereocenters. The van der Waals surface area contributed by atoms with Gasteiger partial charge in [0.05, 0.1) is 4.90 Å². The number of benzene rings is 3. The van der Waals surface area contributed by atoms with Gasteiger partial charge in [-0.05, 0) is 23.6 Å². The van der Waals surface area contributed by atoms with Gasteiger partial charge in [-0.1, -0.05) is 78.9 Å². The second kappa shape index (κ2) is 8.51. The average Bonchev–Trinajstić information content (AvgIpc) is 2.69. The van der Waals surface area contributed by atoms with Crippen LogP contribution in [0.5, 0.6) is 0 Å². The van der Waals surface area contributed by atoms with Crippen LogP contribution >= 0.6 is 0 Å². The topological polar surface area (TPSA) is 75.3 Å². The van der Waals surface area contributed by atoms with Crippen molar-refractivity contribution in [3.05, 3.63) is 90.5 Å². The van der Waals surface area contributed by atoms with Gasteiger partial charge in [0.1, 0.15) is 0 Å². The van der Waals surface area contributed by atoms with Gasteiger partial charge in [-0.2, -0.15) is 0 Å². The molecule has 27 heavy (non-hydrogen) atoms. The Balaban J connectivity index is 1.69. The molecule has 3 rings (SSSR count). The van der Waals surface area contributed by atoms with Crippen molar-refractivity contribution in [2.24, 2.45) is 0 Å². The summed E-state index contributed by atoms with van der Waals surface area (Å²) in [7, 11) is -4.00. The lowest BCUT2D eigenvalue weighted by molar-refractivity contribution is 0.246. The van der Waals surface area contributed by atoms with Crippen molar-refractivity contribution in [2.75, 3.05) is 6.54 Å². The lowest BCUT2D eigenvalue weighted by Crippen LogP contribution is -2.40. The summed E-state index contributed by atoms with van der Waals surface area (Å²) >= 11 is 0. The summed E-state index contributed by atoms with van der Waals surface area (Å²) in [5.41, 5.74) is 2.38. The number of sulfonamides is 1. The van der Waals surface area contributed by atoms with Crippen LogP contribution in [0.4, 0.5) is 4.79 Å². The van der Waals surface area contributed by atoms with Crippen molar-refractivity contribution in [2.45, 2.75) is 11.3 Å². The first-order valence-corrected chi connectivity index (χ1v) is 10.0. The lowest BCUT2D eigenvalue weighted by atomic mass is 10.1. The van der Waals surface area contributed by atoms with Crippen molar-refractivity contribution in [3.8, 4) is 11.1 Å². The summed E-state index contributed by atoms with van der Waals surface area (Å²) in [6.45, 7) is 0.339. The van der Waals surface area contributed by atoms with Crippen LogP contribution < -0.4 is 10.0 Å². The molecule has 2 amide bonds. The number of carbonyl (C=O) groups excluding carboxylic acids is 1. The highest BCUT2D eigenvalue weighted by atomic mass is 32.2. The molecule has 138 valence electrons. The second-order valence-corrected chi connectivity index (χ2v) is 7.61. The van der Waals surface area contributed by atoms with Gasteiger partial charge in [-0.25, -0.2) is 17.9 Å². The summed E-state index contributed by atoms with van der Waals surface area (Å²) in [6.07, 6.45) is 0.620. The highest BCUT2D eigenvalue weighted by molar-refractivity contribution is 7.90. The summed E-state index contributed by atoms with van der Waals surface area (Å²) in [5, 5.41) is 2.59. The number of hydrogen-bond donors (Lipinski definition) is 2. The first kappa shape index (κ1) is 18.7. The van der Waals surface area contributed by atoms with E-state index >= 15 is 0 Å². The molecule has 0 aliphatic carbocycles. The zero-order valence-electron chi connectivity index (χ0n) is 14.6. The van der Waals surface area contributed by atoms with Crippen LogP contribution in [0.15, 0.2) is 89.8 Å². The molecule has 0 spiro atoms. The molecule has 6 heteroatoms. The number of rotatable bonds is 6. The number of urea groups is 1. The standard InChI is InChI=1S/C21H20N2O3S/c24-21(22-16-15-17-9-3-1-4-10-17)23-27(25,26)20-14-8-7-13-19(20)18-11-5-2-6-12-18/h1-14H,15-16H2,(H2,22,23,24). The Morgan fingerprint density at radius 1 is 0.778 bits per heavy atom. The summed E-state index contributed by atoms with van der Waals surface area (Å²) < 4.78 is 27.5. The zero-order chi connectivity index (χ0) is 19.1. The Labute approximate surface area is 159 Å². The van der Waals surface area contributed by atoms with Gasteiger partial charge in [-0.3, -0.25) is 0 Å². The maximum absolute atomic E-state index is 12.7. The maximum Gasteiger partial charge on any atom is 0.328 e. The fourth-order valence-electron chi connectivity index (χ4n) is 2.74. The molecule has 0 unspecified atom stereocenters. The van der Waals surface area contributed by atoms with Gasteiger partial charge in [0.25, 0.3) is 10.0 Å². The minimum atomic E-state index is -4.00. The monoisotopic (exact) mass is 380 g/mol. The molecule has 0 heterocycles. The number of amides is 2. The van der Waals surface area contributed by atoms with Crippen LogP contribution in [0.25, 0.3) is 11.1 Å².